The number of amides is 3. The number of hydrogen-bond donors (Lipinski definition) is 2. The maximum atomic E-state index is 12.8. The average Bonchev–Trinajstić information content (AvgIpc) is 2.32. The first kappa shape index (κ1) is 15.2. The molecular formula is C12H14ClFN2O3. The van der Waals surface area contributed by atoms with Gasteiger partial charge in [0.05, 0.1) is 5.02 Å². The number of ether oxygens (including phenoxy) is 1. The van der Waals surface area contributed by atoms with Gasteiger partial charge in [-0.15, -0.1) is 0 Å². The predicted molar refractivity (Wildman–Crippen MR) is 68.7 cm³/mol. The molecule has 104 valence electrons. The molecule has 19 heavy (non-hydrogen) atoms. The smallest absolute Gasteiger partial charge is 0.321 e. The summed E-state index contributed by atoms with van der Waals surface area (Å²) in [6, 6.07) is 2.95. The minimum atomic E-state index is -0.939. The standard InChI is InChI=1S/C12H14ClFN2O3/c1-3-15-12(18)16-11(17)7(2)19-10-5-4-8(14)6-9(10)13/h4-7H,3H2,1-2H3,(H2,15,16,17,18)/t7-/m1/s1. The van der Waals surface area contributed by atoms with E-state index in [1.807, 2.05) is 0 Å². The Morgan fingerprint density at radius 2 is 2.16 bits per heavy atom. The van der Waals surface area contributed by atoms with E-state index < -0.39 is 23.9 Å². The highest BCUT2D eigenvalue weighted by Gasteiger charge is 2.18. The highest BCUT2D eigenvalue weighted by Crippen LogP contribution is 2.25. The van der Waals surface area contributed by atoms with Gasteiger partial charge >= 0.3 is 6.03 Å². The SMILES string of the molecule is CCNC(=O)NC(=O)[C@@H](C)Oc1ccc(F)cc1Cl. The van der Waals surface area contributed by atoms with E-state index in [1.54, 1.807) is 6.92 Å². The summed E-state index contributed by atoms with van der Waals surface area (Å²) in [6.45, 7) is 3.58. The fourth-order valence-electron chi connectivity index (χ4n) is 1.23. The fraction of sp³-hybridized carbons (Fsp3) is 0.333. The van der Waals surface area contributed by atoms with Crippen LogP contribution in [0.4, 0.5) is 9.18 Å². The second-order valence-corrected chi connectivity index (χ2v) is 4.09. The fourth-order valence-corrected chi connectivity index (χ4v) is 1.44. The molecule has 0 unspecified atom stereocenters. The number of carbonyl (C=O) groups is 2. The van der Waals surface area contributed by atoms with E-state index in [4.69, 9.17) is 16.3 Å². The number of halogens is 2. The molecule has 0 spiro atoms. The first-order chi connectivity index (χ1) is 8.93. The lowest BCUT2D eigenvalue weighted by Crippen LogP contribution is -2.45. The maximum absolute atomic E-state index is 12.8. The monoisotopic (exact) mass is 288 g/mol. The van der Waals surface area contributed by atoms with Crippen molar-refractivity contribution in [1.29, 1.82) is 0 Å². The van der Waals surface area contributed by atoms with E-state index in [0.717, 1.165) is 12.1 Å². The predicted octanol–water partition coefficient (Wildman–Crippen LogP) is 2.09. The number of hydrogen-bond acceptors (Lipinski definition) is 3. The van der Waals surface area contributed by atoms with Crippen molar-refractivity contribution in [2.45, 2.75) is 20.0 Å². The summed E-state index contributed by atoms with van der Waals surface area (Å²) in [5.74, 6) is -0.954. The van der Waals surface area contributed by atoms with Crippen molar-refractivity contribution in [2.24, 2.45) is 0 Å². The van der Waals surface area contributed by atoms with Crippen LogP contribution < -0.4 is 15.4 Å². The molecule has 0 aliphatic heterocycles. The Balaban J connectivity index is 2.61. The Morgan fingerprint density at radius 3 is 2.74 bits per heavy atom. The van der Waals surface area contributed by atoms with Gasteiger partial charge in [-0.2, -0.15) is 0 Å². The molecule has 1 aromatic rings. The maximum Gasteiger partial charge on any atom is 0.321 e. The lowest BCUT2D eigenvalue weighted by molar-refractivity contribution is -0.126. The summed E-state index contributed by atoms with van der Waals surface area (Å²) in [6.07, 6.45) is -0.939. The van der Waals surface area contributed by atoms with Crippen molar-refractivity contribution in [2.75, 3.05) is 6.54 Å². The van der Waals surface area contributed by atoms with Crippen molar-refractivity contribution in [3.05, 3.63) is 29.0 Å². The lowest BCUT2D eigenvalue weighted by atomic mass is 10.3. The first-order valence-electron chi connectivity index (χ1n) is 5.64. The van der Waals surface area contributed by atoms with Gasteiger partial charge in [-0.1, -0.05) is 11.6 Å². The zero-order chi connectivity index (χ0) is 14.4. The van der Waals surface area contributed by atoms with Crippen LogP contribution in [0.15, 0.2) is 18.2 Å². The quantitative estimate of drug-likeness (QED) is 0.891. The summed E-state index contributed by atoms with van der Waals surface area (Å²) in [4.78, 5) is 22.7. The van der Waals surface area contributed by atoms with Gasteiger partial charge in [-0.05, 0) is 32.0 Å². The van der Waals surface area contributed by atoms with E-state index in [1.165, 1.54) is 13.0 Å². The van der Waals surface area contributed by atoms with Gasteiger partial charge in [0.15, 0.2) is 6.10 Å². The van der Waals surface area contributed by atoms with E-state index in [-0.39, 0.29) is 10.8 Å². The van der Waals surface area contributed by atoms with Gasteiger partial charge in [0.25, 0.3) is 5.91 Å². The van der Waals surface area contributed by atoms with Gasteiger partial charge in [0.2, 0.25) is 0 Å². The van der Waals surface area contributed by atoms with Crippen molar-refractivity contribution in [3.63, 3.8) is 0 Å². The summed E-state index contributed by atoms with van der Waals surface area (Å²) < 4.78 is 18.1. The molecular weight excluding hydrogens is 275 g/mol. The largest absolute Gasteiger partial charge is 0.479 e. The Bertz CT molecular complexity index is 482. The normalized spacial score (nSPS) is 11.6. The molecule has 2 N–H and O–H groups in total. The molecule has 0 aromatic heterocycles. The number of urea groups is 1. The highest BCUT2D eigenvalue weighted by molar-refractivity contribution is 6.32. The summed E-state index contributed by atoms with van der Waals surface area (Å²) in [7, 11) is 0. The molecule has 0 radical (unpaired) electrons. The Hall–Kier alpha value is -1.82. The van der Waals surface area contributed by atoms with E-state index in [9.17, 15) is 14.0 Å². The molecule has 5 nitrogen and oxygen atoms in total. The molecule has 1 atom stereocenters. The van der Waals surface area contributed by atoms with E-state index in [2.05, 4.69) is 10.6 Å². The molecule has 7 heteroatoms. The van der Waals surface area contributed by atoms with Crippen molar-refractivity contribution < 1.29 is 18.7 Å². The van der Waals surface area contributed by atoms with Crippen molar-refractivity contribution in [3.8, 4) is 5.75 Å². The van der Waals surface area contributed by atoms with Gasteiger partial charge < -0.3 is 10.1 Å². The lowest BCUT2D eigenvalue weighted by Gasteiger charge is -2.15. The van der Waals surface area contributed by atoms with Crippen molar-refractivity contribution >= 4 is 23.5 Å². The van der Waals surface area contributed by atoms with Gasteiger partial charge in [0.1, 0.15) is 11.6 Å². The number of benzene rings is 1. The Labute approximate surface area is 115 Å². The van der Waals surface area contributed by atoms with Crippen LogP contribution in [0.1, 0.15) is 13.8 Å². The van der Waals surface area contributed by atoms with E-state index >= 15 is 0 Å². The second kappa shape index (κ2) is 6.94. The van der Waals surface area contributed by atoms with Crippen LogP contribution in [-0.4, -0.2) is 24.6 Å². The van der Waals surface area contributed by atoms with Crippen LogP contribution >= 0.6 is 11.6 Å². The molecule has 1 aromatic carbocycles. The highest BCUT2D eigenvalue weighted by atomic mass is 35.5. The Morgan fingerprint density at radius 1 is 1.47 bits per heavy atom. The molecule has 0 saturated heterocycles. The minimum Gasteiger partial charge on any atom is -0.479 e. The summed E-state index contributed by atoms with van der Waals surface area (Å²) >= 11 is 5.76. The summed E-state index contributed by atoms with van der Waals surface area (Å²) in [5.41, 5.74) is 0. The number of imide groups is 1. The van der Waals surface area contributed by atoms with Gasteiger partial charge in [0, 0.05) is 6.54 Å². The summed E-state index contributed by atoms with van der Waals surface area (Å²) in [5, 5.41) is 4.57. The van der Waals surface area contributed by atoms with Crippen LogP contribution in [-0.2, 0) is 4.79 Å². The van der Waals surface area contributed by atoms with Crippen LogP contribution in [0.5, 0.6) is 5.75 Å². The third-order valence-corrected chi connectivity index (χ3v) is 2.44. The third-order valence-electron chi connectivity index (χ3n) is 2.14. The molecule has 3 amide bonds. The molecule has 0 fully saturated rings. The Kier molecular flexibility index (Phi) is 5.57. The second-order valence-electron chi connectivity index (χ2n) is 3.68. The van der Waals surface area contributed by atoms with E-state index in [0.29, 0.717) is 6.54 Å². The van der Waals surface area contributed by atoms with Crippen LogP contribution in [0.25, 0.3) is 0 Å². The molecule has 0 heterocycles. The molecule has 0 aliphatic carbocycles. The topological polar surface area (TPSA) is 67.4 Å². The third kappa shape index (κ3) is 4.75. The number of nitrogens with one attached hydrogen (secondary N) is 2. The molecule has 0 aliphatic rings. The van der Waals surface area contributed by atoms with Crippen LogP contribution in [0.2, 0.25) is 5.02 Å². The average molecular weight is 289 g/mol. The minimum absolute atomic E-state index is 0.0534. The van der Waals surface area contributed by atoms with Crippen LogP contribution in [0, 0.1) is 5.82 Å². The zero-order valence-electron chi connectivity index (χ0n) is 10.5. The number of carbonyl (C=O) groups excluding carboxylic acids is 2. The number of rotatable bonds is 4. The molecule has 1 rings (SSSR count). The van der Waals surface area contributed by atoms with Gasteiger partial charge in [-0.3, -0.25) is 10.1 Å². The first-order valence-corrected chi connectivity index (χ1v) is 6.02. The molecule has 0 saturated carbocycles. The zero-order valence-corrected chi connectivity index (χ0v) is 11.3. The molecule has 0 bridgehead atoms. The van der Waals surface area contributed by atoms with Crippen LogP contribution in [0.3, 0.4) is 0 Å². The van der Waals surface area contributed by atoms with Crippen molar-refractivity contribution in [1.82, 2.24) is 10.6 Å². The van der Waals surface area contributed by atoms with Gasteiger partial charge in [-0.25, -0.2) is 9.18 Å².